The first-order chi connectivity index (χ1) is 6.00. The highest BCUT2D eigenvalue weighted by Crippen LogP contribution is 2.17. The third kappa shape index (κ3) is 594. The largest absolute Gasteiger partial charge is 0.338 e. The fourth-order valence-electron chi connectivity index (χ4n) is 0. The van der Waals surface area contributed by atoms with E-state index in [4.69, 9.17) is 66.5 Å². The summed E-state index contributed by atoms with van der Waals surface area (Å²) in [4.78, 5) is 0. The summed E-state index contributed by atoms with van der Waals surface area (Å²) in [6, 6.07) is -2.19. The molecule has 0 saturated heterocycles. The van der Waals surface area contributed by atoms with Gasteiger partial charge in [-0.15, -0.1) is 55.4 Å². The van der Waals surface area contributed by atoms with Crippen molar-refractivity contribution in [2.24, 2.45) is 0 Å². The molecule has 0 N–H and O–H groups in total. The molecule has 0 aromatic heterocycles. The highest BCUT2D eigenvalue weighted by molar-refractivity contribution is 7.64. The minimum Gasteiger partial charge on any atom is -0.168 e. The van der Waals surface area contributed by atoms with Crippen LogP contribution >= 0.6 is 66.5 Å². The molecule has 0 bridgehead atoms. The van der Waals surface area contributed by atoms with E-state index in [-0.39, 0.29) is 0 Å². The van der Waals surface area contributed by atoms with Crippen LogP contribution < -0.4 is 0 Å². The lowest BCUT2D eigenvalue weighted by Gasteiger charge is -1.97. The minimum absolute atomic E-state index is 1.14. The van der Waals surface area contributed by atoms with E-state index in [1.807, 2.05) is 13.1 Å². The average molecular weight is 387 g/mol. The van der Waals surface area contributed by atoms with Crippen LogP contribution in [0.25, 0.3) is 0 Å². The zero-order chi connectivity index (χ0) is 13.5. The van der Waals surface area contributed by atoms with E-state index in [9.17, 15) is 0 Å². The van der Waals surface area contributed by atoms with Gasteiger partial charge in [0.15, 0.2) is 0 Å². The van der Waals surface area contributed by atoms with Gasteiger partial charge in [-0.1, -0.05) is 19.6 Å². The summed E-state index contributed by atoms with van der Waals surface area (Å²) >= 11 is 32.1. The molecule has 96 valence electrons. The van der Waals surface area contributed by atoms with Crippen LogP contribution in [0.3, 0.4) is 0 Å². The van der Waals surface area contributed by atoms with Crippen molar-refractivity contribution in [1.29, 1.82) is 0 Å². The van der Waals surface area contributed by atoms with Crippen molar-refractivity contribution in [1.82, 2.24) is 0 Å². The quantitative estimate of drug-likeness (QED) is 0.329. The van der Waals surface area contributed by atoms with E-state index >= 15 is 0 Å². The molecule has 9 heteroatoms. The van der Waals surface area contributed by atoms with Crippen molar-refractivity contribution in [2.75, 3.05) is 0 Å². The lowest BCUT2D eigenvalue weighted by Crippen LogP contribution is -2.06. The topological polar surface area (TPSA) is 0 Å². The summed E-state index contributed by atoms with van der Waals surface area (Å²) < 4.78 is 0. The lowest BCUT2D eigenvalue weighted by molar-refractivity contribution is 1.87. The SMILES string of the molecule is C[Si](C)(C)Cl.C[Si](C)(Cl)Cl.C[Si](Cl)(Cl)Cl. The Morgan fingerprint density at radius 2 is 0.533 bits per heavy atom. The van der Waals surface area contributed by atoms with E-state index in [0.29, 0.717) is 0 Å². The first kappa shape index (κ1) is 22.6. The van der Waals surface area contributed by atoms with E-state index in [1.54, 1.807) is 6.55 Å². The Hall–Kier alpha value is 2.39. The lowest BCUT2D eigenvalue weighted by atomic mass is 11.8. The average Bonchev–Trinajstić information content (AvgIpc) is 1.41. The van der Waals surface area contributed by atoms with E-state index in [1.165, 1.54) is 0 Å². The Bertz CT molecular complexity index is 97.9. The van der Waals surface area contributed by atoms with E-state index in [2.05, 4.69) is 19.6 Å². The summed E-state index contributed by atoms with van der Waals surface area (Å²) in [5.74, 6) is 0. The van der Waals surface area contributed by atoms with Gasteiger partial charge in [-0.25, -0.2) is 0 Å². The van der Waals surface area contributed by atoms with Gasteiger partial charge in [0, 0.05) is 0 Å². The highest BCUT2D eigenvalue weighted by atomic mass is 35.8. The highest BCUT2D eigenvalue weighted by Gasteiger charge is 2.13. The molecule has 0 saturated carbocycles. The Kier molecular flexibility index (Phi) is 14.0. The second-order valence-electron chi connectivity index (χ2n) is 4.18. The number of hydrogen-bond acceptors (Lipinski definition) is 0. The van der Waals surface area contributed by atoms with Crippen LogP contribution in [0.5, 0.6) is 0 Å². The summed E-state index contributed by atoms with van der Waals surface area (Å²) in [6.07, 6.45) is 0. The molecule has 0 unspecified atom stereocenters. The predicted molar refractivity (Wildman–Crippen MR) is 87.6 cm³/mol. The molecule has 0 aliphatic carbocycles. The van der Waals surface area contributed by atoms with Crippen LogP contribution in [0.2, 0.25) is 39.3 Å². The summed E-state index contributed by atoms with van der Waals surface area (Å²) in [5.41, 5.74) is 0. The molecule has 15 heavy (non-hydrogen) atoms. The summed E-state index contributed by atoms with van der Waals surface area (Å²) in [7, 11) is -1.14. The fraction of sp³-hybridized carbons (Fsp3) is 1.00. The Morgan fingerprint density at radius 3 is 0.533 bits per heavy atom. The van der Waals surface area contributed by atoms with Crippen molar-refractivity contribution >= 4 is 86.6 Å². The molecule has 0 spiro atoms. The molecule has 0 atom stereocenters. The van der Waals surface area contributed by atoms with Gasteiger partial charge < -0.3 is 0 Å². The van der Waals surface area contributed by atoms with Crippen LogP contribution in [-0.4, -0.2) is 20.1 Å². The zero-order valence-electron chi connectivity index (χ0n) is 9.77. The van der Waals surface area contributed by atoms with Crippen LogP contribution in [0.15, 0.2) is 0 Å². The summed E-state index contributed by atoms with van der Waals surface area (Å²) in [5, 5.41) is 0. The molecule has 0 rings (SSSR count). The molecular weight excluding hydrogens is 369 g/mol. The van der Waals surface area contributed by atoms with Crippen molar-refractivity contribution in [2.45, 2.75) is 39.3 Å². The smallest absolute Gasteiger partial charge is 0.168 e. The molecule has 0 aliphatic rings. The van der Waals surface area contributed by atoms with Crippen molar-refractivity contribution in [3.05, 3.63) is 0 Å². The van der Waals surface area contributed by atoms with Gasteiger partial charge >= 0.3 is 6.00 Å². The first-order valence-corrected chi connectivity index (χ1v) is 19.2. The Balaban J connectivity index is -0.000000144. The molecule has 0 amide bonds. The molecule has 0 aromatic rings. The Morgan fingerprint density at radius 1 is 0.533 bits per heavy atom. The molecular formula is C6H18Cl6Si3. The van der Waals surface area contributed by atoms with Crippen LogP contribution in [0.1, 0.15) is 0 Å². The fourth-order valence-corrected chi connectivity index (χ4v) is 0. The number of hydrogen-bond donors (Lipinski definition) is 0. The third-order valence-corrected chi connectivity index (χ3v) is 0. The molecule has 0 heterocycles. The van der Waals surface area contributed by atoms with Gasteiger partial charge in [0.05, 0.1) is 0 Å². The number of rotatable bonds is 0. The van der Waals surface area contributed by atoms with Gasteiger partial charge in [0.25, 0.3) is 0 Å². The van der Waals surface area contributed by atoms with E-state index < -0.39 is 20.1 Å². The molecule has 0 fully saturated rings. The second kappa shape index (κ2) is 9.34. The zero-order valence-corrected chi connectivity index (χ0v) is 17.3. The van der Waals surface area contributed by atoms with E-state index in [0.717, 1.165) is 0 Å². The second-order valence-corrected chi connectivity index (χ2v) is 30.7. The maximum absolute atomic E-state index is 5.67. The first-order valence-electron chi connectivity index (χ1n) is 4.13. The molecule has 0 radical (unpaired) electrons. The monoisotopic (exact) mass is 384 g/mol. The number of halogens is 6. The molecule has 0 aliphatic heterocycles. The van der Waals surface area contributed by atoms with Crippen LogP contribution in [0, 0.1) is 0 Å². The normalized spacial score (nSPS) is 12.0. The summed E-state index contributed by atoms with van der Waals surface area (Å²) in [6.45, 7) is 9.95. The molecule has 0 nitrogen and oxygen atoms in total. The van der Waals surface area contributed by atoms with Gasteiger partial charge in [0.2, 0.25) is 6.69 Å². The maximum Gasteiger partial charge on any atom is 0.338 e. The van der Waals surface area contributed by atoms with Crippen molar-refractivity contribution in [3.63, 3.8) is 0 Å². The Labute approximate surface area is 125 Å². The van der Waals surface area contributed by atoms with Gasteiger partial charge in [-0.2, -0.15) is 11.1 Å². The standard InChI is InChI=1S/C3H9ClSi.C2H6Cl2Si.CH3Cl3Si/c3*1-5(2,3)4/h1-3H3;1-2H3;1H3. The molecule has 0 aromatic carbocycles. The minimum atomic E-state index is -2.19. The van der Waals surface area contributed by atoms with Gasteiger partial charge in [0.1, 0.15) is 7.38 Å². The van der Waals surface area contributed by atoms with Gasteiger partial charge in [-0.3, -0.25) is 0 Å². The van der Waals surface area contributed by atoms with Crippen LogP contribution in [0.4, 0.5) is 0 Å². The maximum atomic E-state index is 5.67. The van der Waals surface area contributed by atoms with Gasteiger partial charge in [-0.05, 0) is 19.6 Å². The van der Waals surface area contributed by atoms with Crippen LogP contribution in [-0.2, 0) is 0 Å². The van der Waals surface area contributed by atoms with Crippen molar-refractivity contribution in [3.8, 4) is 0 Å². The third-order valence-electron chi connectivity index (χ3n) is 0. The predicted octanol–water partition coefficient (Wildman–Crippen LogP) is 6.50. The van der Waals surface area contributed by atoms with Crippen molar-refractivity contribution < 1.29 is 0 Å².